The average Bonchev–Trinajstić information content (AvgIpc) is 2.91. The van der Waals surface area contributed by atoms with Crippen LogP contribution in [0.15, 0.2) is 24.3 Å². The van der Waals surface area contributed by atoms with E-state index >= 15 is 0 Å². The van der Waals surface area contributed by atoms with Gasteiger partial charge in [0.1, 0.15) is 5.82 Å². The van der Waals surface area contributed by atoms with E-state index in [4.69, 9.17) is 9.90 Å². The van der Waals surface area contributed by atoms with E-state index < -0.39 is 12.1 Å². The van der Waals surface area contributed by atoms with Gasteiger partial charge in [-0.1, -0.05) is 6.07 Å². The van der Waals surface area contributed by atoms with Crippen LogP contribution in [0.25, 0.3) is 0 Å². The van der Waals surface area contributed by atoms with Gasteiger partial charge in [-0.2, -0.15) is 13.2 Å². The van der Waals surface area contributed by atoms with Crippen molar-refractivity contribution in [2.45, 2.75) is 31.5 Å². The van der Waals surface area contributed by atoms with Crippen LogP contribution in [-0.4, -0.2) is 65.2 Å². The fourth-order valence-corrected chi connectivity index (χ4v) is 3.20. The molecule has 3 rings (SSSR count). The van der Waals surface area contributed by atoms with Gasteiger partial charge in [-0.3, -0.25) is 9.69 Å². The molecule has 5 nitrogen and oxygen atoms in total. The lowest BCUT2D eigenvalue weighted by atomic mass is 10.1. The highest BCUT2D eigenvalue weighted by atomic mass is 19.4. The van der Waals surface area contributed by atoms with Gasteiger partial charge in [0, 0.05) is 31.2 Å². The first-order valence-electron chi connectivity index (χ1n) is 8.27. The van der Waals surface area contributed by atoms with Gasteiger partial charge in [0.15, 0.2) is 0 Å². The van der Waals surface area contributed by atoms with E-state index in [9.17, 15) is 22.4 Å². The lowest BCUT2D eigenvalue weighted by Gasteiger charge is -2.25. The maximum absolute atomic E-state index is 13.2. The van der Waals surface area contributed by atoms with Crippen molar-refractivity contribution >= 4 is 11.9 Å². The third-order valence-corrected chi connectivity index (χ3v) is 4.40. The van der Waals surface area contributed by atoms with Crippen LogP contribution in [-0.2, 0) is 4.79 Å². The Morgan fingerprint density at radius 2 is 1.77 bits per heavy atom. The zero-order valence-electron chi connectivity index (χ0n) is 14.0. The van der Waals surface area contributed by atoms with Gasteiger partial charge in [-0.05, 0) is 44.0 Å². The highest BCUT2D eigenvalue weighted by Crippen LogP contribution is 2.22. The van der Waals surface area contributed by atoms with Crippen molar-refractivity contribution < 1.29 is 32.3 Å². The molecular weight excluding hydrogens is 356 g/mol. The van der Waals surface area contributed by atoms with Gasteiger partial charge < -0.3 is 10.0 Å². The molecule has 144 valence electrons. The second-order valence-electron chi connectivity index (χ2n) is 6.25. The first kappa shape index (κ1) is 20.2. The van der Waals surface area contributed by atoms with Crippen LogP contribution in [0.1, 0.15) is 29.6 Å². The zero-order valence-corrected chi connectivity index (χ0v) is 14.0. The lowest BCUT2D eigenvalue weighted by molar-refractivity contribution is -0.192. The molecule has 1 amide bonds. The second kappa shape index (κ2) is 8.48. The molecule has 0 radical (unpaired) electrons. The Hall–Kier alpha value is -2.16. The first-order chi connectivity index (χ1) is 12.2. The van der Waals surface area contributed by atoms with E-state index in [2.05, 4.69) is 4.90 Å². The van der Waals surface area contributed by atoms with Gasteiger partial charge in [0.25, 0.3) is 5.91 Å². The smallest absolute Gasteiger partial charge is 0.475 e. The number of benzene rings is 1. The van der Waals surface area contributed by atoms with Crippen LogP contribution in [0.4, 0.5) is 17.6 Å². The number of carbonyl (C=O) groups excluding carboxylic acids is 1. The van der Waals surface area contributed by atoms with Gasteiger partial charge >= 0.3 is 12.1 Å². The number of hydrogen-bond donors (Lipinski definition) is 1. The molecule has 2 saturated heterocycles. The molecule has 1 unspecified atom stereocenters. The monoisotopic (exact) mass is 376 g/mol. The number of nitrogens with zero attached hydrogens (tertiary/aromatic N) is 2. The Morgan fingerprint density at radius 1 is 1.12 bits per heavy atom. The molecular formula is C17H20F4N2O3. The number of amides is 1. The minimum atomic E-state index is -5.08. The minimum absolute atomic E-state index is 0.0340. The predicted octanol–water partition coefficient (Wildman–Crippen LogP) is 2.77. The number of halogens is 4. The molecule has 2 aliphatic heterocycles. The Kier molecular flexibility index (Phi) is 6.57. The normalized spacial score (nSPS) is 20.6. The van der Waals surface area contributed by atoms with Gasteiger partial charge in [-0.15, -0.1) is 0 Å². The molecule has 1 aromatic carbocycles. The summed E-state index contributed by atoms with van der Waals surface area (Å²) >= 11 is 0. The Morgan fingerprint density at radius 3 is 2.38 bits per heavy atom. The molecule has 2 aliphatic rings. The minimum Gasteiger partial charge on any atom is -0.475 e. The molecule has 1 atom stereocenters. The summed E-state index contributed by atoms with van der Waals surface area (Å²) in [6.07, 6.45) is -1.67. The summed E-state index contributed by atoms with van der Waals surface area (Å²) in [6.45, 7) is 3.81. The van der Waals surface area contributed by atoms with Crippen LogP contribution in [0.5, 0.6) is 0 Å². The van der Waals surface area contributed by atoms with Crippen LogP contribution in [0, 0.1) is 5.82 Å². The Bertz CT molecular complexity index is 651. The molecule has 1 aromatic rings. The van der Waals surface area contributed by atoms with E-state index in [-0.39, 0.29) is 11.7 Å². The third-order valence-electron chi connectivity index (χ3n) is 4.40. The third kappa shape index (κ3) is 5.42. The summed E-state index contributed by atoms with van der Waals surface area (Å²) in [7, 11) is 0. The number of fused-ring (bicyclic) bond motifs is 1. The van der Waals surface area contributed by atoms with Crippen molar-refractivity contribution in [3.05, 3.63) is 35.6 Å². The van der Waals surface area contributed by atoms with Crippen LogP contribution in [0.2, 0.25) is 0 Å². The summed E-state index contributed by atoms with van der Waals surface area (Å²) < 4.78 is 44.9. The SMILES string of the molecule is O=C(O)C(F)(F)F.O=C(c1cccc(F)c1)N1CCCN2CCCC2C1. The summed E-state index contributed by atoms with van der Waals surface area (Å²) in [6, 6.07) is 6.50. The quantitative estimate of drug-likeness (QED) is 0.766. The van der Waals surface area contributed by atoms with Gasteiger partial charge in [-0.25, -0.2) is 9.18 Å². The molecule has 0 bridgehead atoms. The van der Waals surface area contributed by atoms with Crippen LogP contribution < -0.4 is 0 Å². The summed E-state index contributed by atoms with van der Waals surface area (Å²) in [5.41, 5.74) is 0.464. The topological polar surface area (TPSA) is 60.9 Å². The van der Waals surface area contributed by atoms with Crippen molar-refractivity contribution in [3.63, 3.8) is 0 Å². The van der Waals surface area contributed by atoms with E-state index in [0.717, 1.165) is 32.6 Å². The average molecular weight is 376 g/mol. The van der Waals surface area contributed by atoms with Crippen molar-refractivity contribution in [1.29, 1.82) is 0 Å². The summed E-state index contributed by atoms with van der Waals surface area (Å²) in [4.78, 5) is 25.7. The molecule has 1 N–H and O–H groups in total. The number of aliphatic carboxylic acids is 1. The molecule has 2 fully saturated rings. The second-order valence-corrected chi connectivity index (χ2v) is 6.25. The number of carboxylic acids is 1. The molecule has 0 spiro atoms. The number of alkyl halides is 3. The van der Waals surface area contributed by atoms with Crippen molar-refractivity contribution in [2.24, 2.45) is 0 Å². The molecule has 9 heteroatoms. The highest BCUT2D eigenvalue weighted by Gasteiger charge is 2.38. The van der Waals surface area contributed by atoms with Gasteiger partial charge in [0.05, 0.1) is 0 Å². The lowest BCUT2D eigenvalue weighted by Crippen LogP contribution is -2.39. The molecule has 26 heavy (non-hydrogen) atoms. The fourth-order valence-electron chi connectivity index (χ4n) is 3.20. The van der Waals surface area contributed by atoms with Crippen LogP contribution >= 0.6 is 0 Å². The number of hydrogen-bond acceptors (Lipinski definition) is 3. The van der Waals surface area contributed by atoms with E-state index in [0.29, 0.717) is 11.6 Å². The van der Waals surface area contributed by atoms with Crippen LogP contribution in [0.3, 0.4) is 0 Å². The molecule has 0 aliphatic carbocycles. The fraction of sp³-hybridized carbons (Fsp3) is 0.529. The predicted molar refractivity (Wildman–Crippen MR) is 85.2 cm³/mol. The number of rotatable bonds is 1. The van der Waals surface area contributed by atoms with Crippen molar-refractivity contribution in [2.75, 3.05) is 26.2 Å². The van der Waals surface area contributed by atoms with Gasteiger partial charge in [0.2, 0.25) is 0 Å². The number of carboxylic acid groups (broad SMARTS) is 1. The van der Waals surface area contributed by atoms with Crippen molar-refractivity contribution in [1.82, 2.24) is 9.80 Å². The maximum atomic E-state index is 13.2. The number of carbonyl (C=O) groups is 2. The Balaban J connectivity index is 0.000000298. The Labute approximate surface area is 148 Å². The maximum Gasteiger partial charge on any atom is 0.490 e. The zero-order chi connectivity index (χ0) is 19.3. The summed E-state index contributed by atoms with van der Waals surface area (Å²) in [5, 5.41) is 7.12. The molecule has 0 saturated carbocycles. The molecule has 0 aromatic heterocycles. The van der Waals surface area contributed by atoms with E-state index in [1.54, 1.807) is 12.1 Å². The first-order valence-corrected chi connectivity index (χ1v) is 8.27. The molecule has 2 heterocycles. The van der Waals surface area contributed by atoms with E-state index in [1.807, 2.05) is 4.90 Å². The summed E-state index contributed by atoms with van der Waals surface area (Å²) in [5.74, 6) is -3.14. The van der Waals surface area contributed by atoms with E-state index in [1.165, 1.54) is 25.0 Å². The van der Waals surface area contributed by atoms with Crippen molar-refractivity contribution in [3.8, 4) is 0 Å². The largest absolute Gasteiger partial charge is 0.490 e. The standard InChI is InChI=1S/C15H19FN2O.C2HF3O2/c16-13-5-1-4-12(10-13)15(19)18-9-3-8-17-7-2-6-14(17)11-18;3-2(4,5)1(6)7/h1,4-5,10,14H,2-3,6-9,11H2;(H,6,7). The highest BCUT2D eigenvalue weighted by molar-refractivity contribution is 5.94.